The molecule has 0 aliphatic carbocycles. The molecular formula is C15H22N4O2. The summed E-state index contributed by atoms with van der Waals surface area (Å²) >= 11 is 0. The van der Waals surface area contributed by atoms with Crippen molar-refractivity contribution in [2.24, 2.45) is 0 Å². The molecule has 6 nitrogen and oxygen atoms in total. The molecule has 0 bridgehead atoms. The van der Waals surface area contributed by atoms with Gasteiger partial charge in [-0.15, -0.1) is 5.10 Å². The Morgan fingerprint density at radius 3 is 2.52 bits per heavy atom. The number of nitrogens with zero attached hydrogens (tertiary/aromatic N) is 3. The van der Waals surface area contributed by atoms with Crippen molar-refractivity contribution in [2.45, 2.75) is 26.4 Å². The summed E-state index contributed by atoms with van der Waals surface area (Å²) in [6.45, 7) is 3.68. The first kappa shape index (κ1) is 15.3. The molecule has 2 rings (SSSR count). The second kappa shape index (κ2) is 7.08. The molecule has 0 aliphatic heterocycles. The van der Waals surface area contributed by atoms with E-state index in [0.717, 1.165) is 42.1 Å². The Labute approximate surface area is 125 Å². The van der Waals surface area contributed by atoms with Gasteiger partial charge in [0.1, 0.15) is 0 Å². The van der Waals surface area contributed by atoms with Gasteiger partial charge in [0.2, 0.25) is 0 Å². The van der Waals surface area contributed by atoms with Crippen LogP contribution in [0.15, 0.2) is 18.3 Å². The van der Waals surface area contributed by atoms with Crippen LogP contribution in [0.1, 0.15) is 18.9 Å². The molecule has 0 saturated heterocycles. The summed E-state index contributed by atoms with van der Waals surface area (Å²) in [5, 5.41) is 11.4. The van der Waals surface area contributed by atoms with Gasteiger partial charge in [-0.3, -0.25) is 0 Å². The van der Waals surface area contributed by atoms with Crippen LogP contribution in [-0.2, 0) is 13.1 Å². The van der Waals surface area contributed by atoms with E-state index >= 15 is 0 Å². The van der Waals surface area contributed by atoms with Gasteiger partial charge in [0.25, 0.3) is 0 Å². The van der Waals surface area contributed by atoms with Crippen molar-refractivity contribution >= 4 is 0 Å². The summed E-state index contributed by atoms with van der Waals surface area (Å²) in [4.78, 5) is 0. The van der Waals surface area contributed by atoms with E-state index < -0.39 is 0 Å². The Bertz CT molecular complexity index is 595. The number of hydrogen-bond donors (Lipinski definition) is 1. The van der Waals surface area contributed by atoms with E-state index in [2.05, 4.69) is 22.6 Å². The van der Waals surface area contributed by atoms with Gasteiger partial charge in [0, 0.05) is 18.7 Å². The highest BCUT2D eigenvalue weighted by molar-refractivity contribution is 5.68. The molecule has 0 saturated carbocycles. The minimum absolute atomic E-state index is 0.705. The summed E-state index contributed by atoms with van der Waals surface area (Å²) in [6.07, 6.45) is 2.79. The van der Waals surface area contributed by atoms with Crippen molar-refractivity contribution in [3.05, 3.63) is 23.9 Å². The third kappa shape index (κ3) is 3.16. The van der Waals surface area contributed by atoms with Gasteiger partial charge in [-0.2, -0.15) is 0 Å². The van der Waals surface area contributed by atoms with E-state index in [-0.39, 0.29) is 0 Å². The number of rotatable bonds is 7. The number of hydrogen-bond acceptors (Lipinski definition) is 5. The minimum Gasteiger partial charge on any atom is -0.493 e. The average molecular weight is 290 g/mol. The first-order valence-corrected chi connectivity index (χ1v) is 7.03. The molecule has 0 amide bonds. The number of ether oxygens (including phenoxy) is 2. The number of benzene rings is 1. The van der Waals surface area contributed by atoms with Crippen LogP contribution in [0.5, 0.6) is 11.5 Å². The zero-order valence-electron chi connectivity index (χ0n) is 13.0. The number of aromatic nitrogens is 3. The van der Waals surface area contributed by atoms with Gasteiger partial charge in [-0.25, -0.2) is 4.68 Å². The normalized spacial score (nSPS) is 10.7. The Morgan fingerprint density at radius 2 is 1.90 bits per heavy atom. The van der Waals surface area contributed by atoms with Crippen molar-refractivity contribution in [2.75, 3.05) is 21.3 Å². The standard InChI is InChI=1S/C15H22N4O2/c1-5-6-19-13(10-17-18-19)12-8-15(21-4)14(20-3)7-11(12)9-16-2/h7-8,10,16H,5-6,9H2,1-4H3. The Balaban J connectivity index is 2.56. The molecule has 1 aromatic heterocycles. The molecule has 1 aromatic carbocycles. The average Bonchev–Trinajstić information content (AvgIpc) is 2.95. The fraction of sp³-hybridized carbons (Fsp3) is 0.467. The van der Waals surface area contributed by atoms with Crippen LogP contribution in [-0.4, -0.2) is 36.3 Å². The Hall–Kier alpha value is -2.08. The van der Waals surface area contributed by atoms with Crippen LogP contribution in [0.25, 0.3) is 11.3 Å². The molecule has 0 aliphatic rings. The SMILES string of the molecule is CCCn1nncc1-c1cc(OC)c(OC)cc1CNC. The van der Waals surface area contributed by atoms with Crippen molar-refractivity contribution < 1.29 is 9.47 Å². The maximum absolute atomic E-state index is 5.41. The largest absolute Gasteiger partial charge is 0.493 e. The third-order valence-corrected chi connectivity index (χ3v) is 3.31. The fourth-order valence-corrected chi connectivity index (χ4v) is 2.34. The van der Waals surface area contributed by atoms with Crippen molar-refractivity contribution in [3.63, 3.8) is 0 Å². The lowest BCUT2D eigenvalue weighted by molar-refractivity contribution is 0.354. The first-order chi connectivity index (χ1) is 10.2. The molecular weight excluding hydrogens is 268 g/mol. The third-order valence-electron chi connectivity index (χ3n) is 3.31. The molecule has 2 aromatic rings. The van der Waals surface area contributed by atoms with Gasteiger partial charge in [-0.1, -0.05) is 12.1 Å². The van der Waals surface area contributed by atoms with E-state index in [1.165, 1.54) is 0 Å². The summed E-state index contributed by atoms with van der Waals surface area (Å²) in [7, 11) is 5.20. The van der Waals surface area contributed by atoms with E-state index in [4.69, 9.17) is 9.47 Å². The zero-order chi connectivity index (χ0) is 15.2. The maximum Gasteiger partial charge on any atom is 0.161 e. The van der Waals surface area contributed by atoms with Gasteiger partial charge < -0.3 is 14.8 Å². The fourth-order valence-electron chi connectivity index (χ4n) is 2.34. The maximum atomic E-state index is 5.41. The molecule has 0 fully saturated rings. The smallest absolute Gasteiger partial charge is 0.161 e. The highest BCUT2D eigenvalue weighted by Gasteiger charge is 2.15. The van der Waals surface area contributed by atoms with Crippen molar-refractivity contribution in [1.82, 2.24) is 20.3 Å². The van der Waals surface area contributed by atoms with Crippen molar-refractivity contribution in [1.29, 1.82) is 0 Å². The summed E-state index contributed by atoms with van der Waals surface area (Å²) in [6, 6.07) is 3.98. The molecule has 0 spiro atoms. The van der Waals surface area contributed by atoms with Gasteiger partial charge >= 0.3 is 0 Å². The van der Waals surface area contributed by atoms with Crippen LogP contribution in [0, 0.1) is 0 Å². The predicted molar refractivity (Wildman–Crippen MR) is 81.6 cm³/mol. The number of methoxy groups -OCH3 is 2. The van der Waals surface area contributed by atoms with E-state index in [1.54, 1.807) is 20.4 Å². The van der Waals surface area contributed by atoms with Crippen LogP contribution in [0.3, 0.4) is 0 Å². The van der Waals surface area contributed by atoms with Crippen LogP contribution in [0.4, 0.5) is 0 Å². The molecule has 0 atom stereocenters. The van der Waals surface area contributed by atoms with Crippen LogP contribution >= 0.6 is 0 Å². The monoisotopic (exact) mass is 290 g/mol. The van der Waals surface area contributed by atoms with Gasteiger partial charge in [0.15, 0.2) is 11.5 Å². The molecule has 114 valence electrons. The number of aryl methyl sites for hydroxylation is 1. The van der Waals surface area contributed by atoms with Gasteiger partial charge in [-0.05, 0) is 31.2 Å². The second-order valence-corrected chi connectivity index (χ2v) is 4.74. The molecule has 1 heterocycles. The van der Waals surface area contributed by atoms with Crippen LogP contribution in [0.2, 0.25) is 0 Å². The number of nitrogens with one attached hydrogen (secondary N) is 1. The molecule has 6 heteroatoms. The highest BCUT2D eigenvalue weighted by Crippen LogP contribution is 2.35. The van der Waals surface area contributed by atoms with E-state index in [1.807, 2.05) is 23.9 Å². The highest BCUT2D eigenvalue weighted by atomic mass is 16.5. The summed E-state index contributed by atoms with van der Waals surface area (Å²) < 4.78 is 12.7. The van der Waals surface area contributed by atoms with E-state index in [9.17, 15) is 0 Å². The first-order valence-electron chi connectivity index (χ1n) is 7.03. The zero-order valence-corrected chi connectivity index (χ0v) is 13.0. The predicted octanol–water partition coefficient (Wildman–Crippen LogP) is 2.09. The second-order valence-electron chi connectivity index (χ2n) is 4.74. The quantitative estimate of drug-likeness (QED) is 0.846. The molecule has 0 unspecified atom stereocenters. The molecule has 1 N–H and O–H groups in total. The van der Waals surface area contributed by atoms with E-state index in [0.29, 0.717) is 5.75 Å². The lowest BCUT2D eigenvalue weighted by Gasteiger charge is -2.15. The Kier molecular flexibility index (Phi) is 5.16. The summed E-state index contributed by atoms with van der Waals surface area (Å²) in [5.74, 6) is 1.43. The van der Waals surface area contributed by atoms with Crippen molar-refractivity contribution in [3.8, 4) is 22.8 Å². The Morgan fingerprint density at radius 1 is 1.19 bits per heavy atom. The minimum atomic E-state index is 0.705. The molecule has 21 heavy (non-hydrogen) atoms. The summed E-state index contributed by atoms with van der Waals surface area (Å²) in [5.41, 5.74) is 3.17. The van der Waals surface area contributed by atoms with Gasteiger partial charge in [0.05, 0.1) is 26.1 Å². The van der Waals surface area contributed by atoms with Crippen LogP contribution < -0.4 is 14.8 Å². The molecule has 0 radical (unpaired) electrons. The topological polar surface area (TPSA) is 61.2 Å². The lowest BCUT2D eigenvalue weighted by atomic mass is 10.0. The lowest BCUT2D eigenvalue weighted by Crippen LogP contribution is -2.09.